The van der Waals surface area contributed by atoms with Gasteiger partial charge in [-0.2, -0.15) is 22.7 Å². The van der Waals surface area contributed by atoms with Crippen molar-refractivity contribution in [2.75, 3.05) is 6.54 Å². The van der Waals surface area contributed by atoms with Crippen LogP contribution in [0.3, 0.4) is 0 Å². The molecule has 0 amide bonds. The second kappa shape index (κ2) is 5.45. The largest absolute Gasteiger partial charge is 0.312 e. The summed E-state index contributed by atoms with van der Waals surface area (Å²) in [5.74, 6) is 0. The van der Waals surface area contributed by atoms with Crippen LogP contribution in [0, 0.1) is 6.92 Å². The van der Waals surface area contributed by atoms with Crippen molar-refractivity contribution in [1.29, 1.82) is 0 Å². The van der Waals surface area contributed by atoms with Gasteiger partial charge in [0.15, 0.2) is 0 Å². The Morgan fingerprint density at radius 2 is 2.13 bits per heavy atom. The van der Waals surface area contributed by atoms with Crippen LogP contribution in [0.2, 0.25) is 0 Å². The molecule has 2 aromatic rings. The van der Waals surface area contributed by atoms with Gasteiger partial charge in [-0.05, 0) is 64.2 Å². The van der Waals surface area contributed by atoms with E-state index in [1.165, 1.54) is 16.7 Å². The number of rotatable bonds is 5. The molecule has 15 heavy (non-hydrogen) atoms. The summed E-state index contributed by atoms with van der Waals surface area (Å²) in [7, 11) is 0. The molecule has 80 valence electrons. The van der Waals surface area contributed by atoms with Crippen molar-refractivity contribution in [3.8, 4) is 0 Å². The molecule has 0 bridgehead atoms. The third-order valence-corrected chi connectivity index (χ3v) is 4.09. The van der Waals surface area contributed by atoms with Crippen molar-refractivity contribution in [1.82, 2.24) is 5.32 Å². The average molecular weight is 237 g/mol. The van der Waals surface area contributed by atoms with Gasteiger partial charge in [0.2, 0.25) is 0 Å². The maximum Gasteiger partial charge on any atom is 0.0216 e. The molecule has 0 fully saturated rings. The Hall–Kier alpha value is -0.640. The van der Waals surface area contributed by atoms with Crippen molar-refractivity contribution >= 4 is 22.7 Å². The van der Waals surface area contributed by atoms with Crippen LogP contribution in [0.25, 0.3) is 0 Å². The molecular formula is C12H15NS2. The Morgan fingerprint density at radius 3 is 2.80 bits per heavy atom. The Labute approximate surface area is 98.8 Å². The van der Waals surface area contributed by atoms with E-state index in [0.717, 1.165) is 19.5 Å². The van der Waals surface area contributed by atoms with Crippen LogP contribution in [0.4, 0.5) is 0 Å². The van der Waals surface area contributed by atoms with E-state index in [4.69, 9.17) is 0 Å². The normalized spacial score (nSPS) is 10.7. The highest BCUT2D eigenvalue weighted by Crippen LogP contribution is 2.13. The van der Waals surface area contributed by atoms with Crippen LogP contribution in [-0.2, 0) is 13.0 Å². The van der Waals surface area contributed by atoms with Gasteiger partial charge in [-0.3, -0.25) is 0 Å². The molecule has 0 aliphatic carbocycles. The summed E-state index contributed by atoms with van der Waals surface area (Å²) in [6.45, 7) is 4.23. The number of hydrogen-bond acceptors (Lipinski definition) is 3. The summed E-state index contributed by atoms with van der Waals surface area (Å²) >= 11 is 3.56. The molecule has 2 rings (SSSR count). The van der Waals surface area contributed by atoms with Crippen molar-refractivity contribution in [3.63, 3.8) is 0 Å². The van der Waals surface area contributed by atoms with Gasteiger partial charge in [0.25, 0.3) is 0 Å². The highest BCUT2D eigenvalue weighted by molar-refractivity contribution is 7.08. The zero-order chi connectivity index (χ0) is 10.5. The van der Waals surface area contributed by atoms with Crippen molar-refractivity contribution in [2.24, 2.45) is 0 Å². The summed E-state index contributed by atoms with van der Waals surface area (Å²) in [6.07, 6.45) is 1.13. The first-order chi connectivity index (χ1) is 7.36. The number of thiophene rings is 2. The predicted octanol–water partition coefficient (Wildman–Crippen LogP) is 3.45. The van der Waals surface area contributed by atoms with Crippen LogP contribution in [0.1, 0.15) is 16.7 Å². The lowest BCUT2D eigenvalue weighted by molar-refractivity contribution is 0.687. The third kappa shape index (κ3) is 3.16. The summed E-state index contributed by atoms with van der Waals surface area (Å²) < 4.78 is 0. The van der Waals surface area contributed by atoms with Gasteiger partial charge in [0.05, 0.1) is 0 Å². The van der Waals surface area contributed by atoms with Crippen LogP contribution in [0.5, 0.6) is 0 Å². The van der Waals surface area contributed by atoms with E-state index in [9.17, 15) is 0 Å². The standard InChI is InChI=1S/C12H15NS2/c1-10-7-15-9-12(10)6-13-4-2-11-3-5-14-8-11/h3,5,7-9,13H,2,4,6H2,1H3. The molecule has 0 atom stereocenters. The van der Waals surface area contributed by atoms with Gasteiger partial charge in [0.1, 0.15) is 0 Å². The molecule has 0 spiro atoms. The molecule has 2 aromatic heterocycles. The van der Waals surface area contributed by atoms with Crippen LogP contribution < -0.4 is 5.32 Å². The lowest BCUT2D eigenvalue weighted by Gasteiger charge is -2.03. The van der Waals surface area contributed by atoms with E-state index in [0.29, 0.717) is 0 Å². The zero-order valence-electron chi connectivity index (χ0n) is 8.82. The van der Waals surface area contributed by atoms with E-state index < -0.39 is 0 Å². The molecule has 0 aliphatic rings. The van der Waals surface area contributed by atoms with Crippen LogP contribution >= 0.6 is 22.7 Å². The zero-order valence-corrected chi connectivity index (χ0v) is 10.5. The van der Waals surface area contributed by atoms with Gasteiger partial charge < -0.3 is 5.32 Å². The van der Waals surface area contributed by atoms with Gasteiger partial charge >= 0.3 is 0 Å². The fourth-order valence-electron chi connectivity index (χ4n) is 1.46. The summed E-state index contributed by atoms with van der Waals surface area (Å²) in [4.78, 5) is 0. The Bertz CT molecular complexity index is 389. The molecule has 2 heterocycles. The Balaban J connectivity index is 1.70. The topological polar surface area (TPSA) is 12.0 Å². The van der Waals surface area contributed by atoms with Crippen molar-refractivity contribution in [3.05, 3.63) is 44.3 Å². The van der Waals surface area contributed by atoms with E-state index in [-0.39, 0.29) is 0 Å². The fourth-order valence-corrected chi connectivity index (χ4v) is 3.02. The third-order valence-electron chi connectivity index (χ3n) is 2.45. The van der Waals surface area contributed by atoms with Gasteiger partial charge in [-0.1, -0.05) is 0 Å². The SMILES string of the molecule is Cc1cscc1CNCCc1ccsc1. The summed E-state index contributed by atoms with van der Waals surface area (Å²) in [6, 6.07) is 2.20. The predicted molar refractivity (Wildman–Crippen MR) is 68.8 cm³/mol. The molecule has 3 heteroatoms. The highest BCUT2D eigenvalue weighted by atomic mass is 32.1. The maximum atomic E-state index is 3.48. The number of nitrogens with one attached hydrogen (secondary N) is 1. The molecule has 0 unspecified atom stereocenters. The minimum absolute atomic E-state index is 0.999. The molecule has 0 radical (unpaired) electrons. The second-order valence-electron chi connectivity index (χ2n) is 3.64. The first-order valence-electron chi connectivity index (χ1n) is 5.10. The lowest BCUT2D eigenvalue weighted by atomic mass is 10.2. The van der Waals surface area contributed by atoms with E-state index >= 15 is 0 Å². The van der Waals surface area contributed by atoms with Crippen LogP contribution in [0.15, 0.2) is 27.6 Å². The summed E-state index contributed by atoms with van der Waals surface area (Å²) in [5.41, 5.74) is 4.28. The van der Waals surface area contributed by atoms with Crippen LogP contribution in [-0.4, -0.2) is 6.54 Å². The van der Waals surface area contributed by atoms with Gasteiger partial charge in [0, 0.05) is 6.54 Å². The van der Waals surface area contributed by atoms with Gasteiger partial charge in [-0.25, -0.2) is 0 Å². The van der Waals surface area contributed by atoms with E-state index in [1.54, 1.807) is 22.7 Å². The average Bonchev–Trinajstić information content (AvgIpc) is 2.85. The van der Waals surface area contributed by atoms with E-state index in [1.807, 2.05) is 0 Å². The van der Waals surface area contributed by atoms with Crippen molar-refractivity contribution < 1.29 is 0 Å². The molecule has 1 nitrogen and oxygen atoms in total. The highest BCUT2D eigenvalue weighted by Gasteiger charge is 1.98. The molecular weight excluding hydrogens is 222 g/mol. The molecule has 1 N–H and O–H groups in total. The maximum absolute atomic E-state index is 3.48. The number of hydrogen-bond donors (Lipinski definition) is 1. The summed E-state index contributed by atoms with van der Waals surface area (Å²) in [5, 5.41) is 12.3. The quantitative estimate of drug-likeness (QED) is 0.785. The Morgan fingerprint density at radius 1 is 1.20 bits per heavy atom. The molecule has 0 aliphatic heterocycles. The first-order valence-corrected chi connectivity index (χ1v) is 6.98. The minimum atomic E-state index is 0.999. The van der Waals surface area contributed by atoms with Crippen molar-refractivity contribution in [2.45, 2.75) is 19.9 Å². The first kappa shape index (κ1) is 10.9. The fraction of sp³-hybridized carbons (Fsp3) is 0.333. The number of aryl methyl sites for hydroxylation is 1. The second-order valence-corrected chi connectivity index (χ2v) is 5.16. The minimum Gasteiger partial charge on any atom is -0.312 e. The smallest absolute Gasteiger partial charge is 0.0216 e. The molecule has 0 saturated heterocycles. The lowest BCUT2D eigenvalue weighted by Crippen LogP contribution is -2.16. The monoisotopic (exact) mass is 237 g/mol. The molecule has 0 aromatic carbocycles. The van der Waals surface area contributed by atoms with Gasteiger partial charge in [-0.15, -0.1) is 0 Å². The molecule has 0 saturated carbocycles. The Kier molecular flexibility index (Phi) is 3.94. The van der Waals surface area contributed by atoms with E-state index in [2.05, 4.69) is 39.8 Å².